The summed E-state index contributed by atoms with van der Waals surface area (Å²) in [6, 6.07) is 0. The van der Waals surface area contributed by atoms with Gasteiger partial charge in [-0.25, -0.2) is 4.79 Å². The predicted molar refractivity (Wildman–Crippen MR) is 58.3 cm³/mol. The van der Waals surface area contributed by atoms with E-state index in [0.29, 0.717) is 0 Å². The van der Waals surface area contributed by atoms with Gasteiger partial charge in [-0.2, -0.15) is 0 Å². The monoisotopic (exact) mass is 266 g/mol. The summed E-state index contributed by atoms with van der Waals surface area (Å²) in [5, 5.41) is 0. The van der Waals surface area contributed by atoms with Crippen molar-refractivity contribution in [3.63, 3.8) is 0 Å². The predicted octanol–water partition coefficient (Wildman–Crippen LogP) is 0.217. The minimum Gasteiger partial charge on any atom is -0.465 e. The fourth-order valence-corrected chi connectivity index (χ4v) is 1.17. The molecule has 0 radical (unpaired) electrons. The van der Waals surface area contributed by atoms with E-state index in [4.69, 9.17) is 14.5 Å². The van der Waals surface area contributed by atoms with Crippen LogP contribution in [0.25, 0.3) is 0 Å². The lowest BCUT2D eigenvalue weighted by molar-refractivity contribution is -0.142. The third-order valence-corrected chi connectivity index (χ3v) is 2.14. The van der Waals surface area contributed by atoms with Crippen molar-refractivity contribution in [3.8, 4) is 0 Å². The molecule has 0 spiro atoms. The van der Waals surface area contributed by atoms with Crippen LogP contribution < -0.4 is 0 Å². The van der Waals surface area contributed by atoms with Gasteiger partial charge in [0.15, 0.2) is 0 Å². The Morgan fingerprint density at radius 3 is 2.24 bits per heavy atom. The lowest BCUT2D eigenvalue weighted by atomic mass is 10.4. The summed E-state index contributed by atoms with van der Waals surface area (Å²) in [7, 11) is -4.38. The maximum Gasteiger partial charge on any atom is 0.336 e. The SMILES string of the molecule is C=C(C)C(=O)OCCCOC(=O)CP(=O)(O)O. The summed E-state index contributed by atoms with van der Waals surface area (Å²) in [4.78, 5) is 38.6. The Balaban J connectivity index is 3.59. The summed E-state index contributed by atoms with van der Waals surface area (Å²) in [6.45, 7) is 4.86. The van der Waals surface area contributed by atoms with Crippen LogP contribution in [0.4, 0.5) is 0 Å². The normalized spacial score (nSPS) is 10.8. The maximum atomic E-state index is 10.9. The summed E-state index contributed by atoms with van der Waals surface area (Å²) in [5.74, 6) is -1.52. The molecule has 0 atom stereocenters. The van der Waals surface area contributed by atoms with E-state index in [9.17, 15) is 14.2 Å². The van der Waals surface area contributed by atoms with E-state index in [1.165, 1.54) is 6.92 Å². The molecule has 98 valence electrons. The van der Waals surface area contributed by atoms with Gasteiger partial charge in [0.25, 0.3) is 0 Å². The van der Waals surface area contributed by atoms with Crippen molar-refractivity contribution in [1.29, 1.82) is 0 Å². The first-order chi connectivity index (χ1) is 7.72. The van der Waals surface area contributed by atoms with Crippen molar-refractivity contribution < 1.29 is 33.4 Å². The third kappa shape index (κ3) is 9.74. The van der Waals surface area contributed by atoms with Crippen molar-refractivity contribution in [2.24, 2.45) is 0 Å². The molecule has 0 fully saturated rings. The van der Waals surface area contributed by atoms with Gasteiger partial charge in [0.05, 0.1) is 13.2 Å². The molecule has 0 saturated heterocycles. The van der Waals surface area contributed by atoms with Crippen molar-refractivity contribution in [2.45, 2.75) is 13.3 Å². The molecule has 0 amide bonds. The van der Waals surface area contributed by atoms with E-state index in [1.807, 2.05) is 0 Å². The standard InChI is InChI=1S/C9H15O7P/c1-7(2)9(11)16-5-3-4-15-8(10)6-17(12,13)14/h1,3-6H2,2H3,(H2,12,13,14). The molecule has 17 heavy (non-hydrogen) atoms. The average Bonchev–Trinajstić information content (AvgIpc) is 2.13. The summed E-state index contributed by atoms with van der Waals surface area (Å²) in [5.41, 5.74) is 0.267. The Kier molecular flexibility index (Phi) is 6.72. The van der Waals surface area contributed by atoms with Crippen molar-refractivity contribution in [1.82, 2.24) is 0 Å². The summed E-state index contributed by atoms with van der Waals surface area (Å²) >= 11 is 0. The van der Waals surface area contributed by atoms with E-state index < -0.39 is 25.7 Å². The van der Waals surface area contributed by atoms with Crippen LogP contribution in [0.15, 0.2) is 12.2 Å². The van der Waals surface area contributed by atoms with E-state index in [1.54, 1.807) is 0 Å². The quantitative estimate of drug-likeness (QED) is 0.293. The zero-order valence-corrected chi connectivity index (χ0v) is 10.3. The van der Waals surface area contributed by atoms with Gasteiger partial charge >= 0.3 is 19.5 Å². The zero-order chi connectivity index (χ0) is 13.5. The number of rotatable bonds is 7. The first-order valence-electron chi connectivity index (χ1n) is 4.75. The van der Waals surface area contributed by atoms with Crippen LogP contribution in [0.2, 0.25) is 0 Å². The second-order valence-electron chi connectivity index (χ2n) is 3.31. The largest absolute Gasteiger partial charge is 0.465 e. The van der Waals surface area contributed by atoms with Crippen LogP contribution in [-0.4, -0.2) is 41.1 Å². The third-order valence-electron chi connectivity index (χ3n) is 1.47. The molecule has 0 rings (SSSR count). The Hall–Kier alpha value is -1.17. The van der Waals surface area contributed by atoms with Gasteiger partial charge in [-0.3, -0.25) is 9.36 Å². The topological polar surface area (TPSA) is 110 Å². The molecule has 0 bridgehead atoms. The maximum absolute atomic E-state index is 10.9. The van der Waals surface area contributed by atoms with Gasteiger partial charge in [0.1, 0.15) is 6.16 Å². The molecule has 0 aliphatic rings. The second-order valence-corrected chi connectivity index (χ2v) is 4.96. The van der Waals surface area contributed by atoms with E-state index in [0.717, 1.165) is 0 Å². The summed E-state index contributed by atoms with van der Waals surface area (Å²) in [6.07, 6.45) is -0.690. The molecular formula is C9H15O7P. The molecule has 0 aromatic carbocycles. The minimum atomic E-state index is -4.38. The molecule has 0 aliphatic heterocycles. The van der Waals surface area contributed by atoms with Crippen molar-refractivity contribution in [2.75, 3.05) is 19.4 Å². The molecule has 7 nitrogen and oxygen atoms in total. The molecule has 0 heterocycles. The lowest BCUT2D eigenvalue weighted by Crippen LogP contribution is -2.13. The highest BCUT2D eigenvalue weighted by molar-refractivity contribution is 7.52. The molecule has 0 unspecified atom stereocenters. The van der Waals surface area contributed by atoms with Gasteiger partial charge in [0, 0.05) is 12.0 Å². The number of esters is 2. The molecule has 0 aliphatic carbocycles. The Morgan fingerprint density at radius 1 is 1.24 bits per heavy atom. The van der Waals surface area contributed by atoms with Crippen LogP contribution >= 0.6 is 7.60 Å². The van der Waals surface area contributed by atoms with Gasteiger partial charge in [-0.05, 0) is 6.92 Å². The molecule has 0 aromatic rings. The van der Waals surface area contributed by atoms with E-state index >= 15 is 0 Å². The van der Waals surface area contributed by atoms with Crippen LogP contribution in [0, 0.1) is 0 Å². The molecule has 0 saturated carbocycles. The van der Waals surface area contributed by atoms with E-state index in [-0.39, 0.29) is 25.2 Å². The first-order valence-corrected chi connectivity index (χ1v) is 6.55. The Labute approximate surface area is 98.6 Å². The van der Waals surface area contributed by atoms with Gasteiger partial charge in [0.2, 0.25) is 0 Å². The highest BCUT2D eigenvalue weighted by Gasteiger charge is 2.19. The molecule has 2 N–H and O–H groups in total. The van der Waals surface area contributed by atoms with Crippen molar-refractivity contribution >= 4 is 19.5 Å². The van der Waals surface area contributed by atoms with Crippen molar-refractivity contribution in [3.05, 3.63) is 12.2 Å². The minimum absolute atomic E-state index is 0.0505. The number of carbonyl (C=O) groups excluding carboxylic acids is 2. The second kappa shape index (κ2) is 7.21. The Morgan fingerprint density at radius 2 is 1.76 bits per heavy atom. The highest BCUT2D eigenvalue weighted by Crippen LogP contribution is 2.33. The van der Waals surface area contributed by atoms with Crippen LogP contribution in [0.3, 0.4) is 0 Å². The fraction of sp³-hybridized carbons (Fsp3) is 0.556. The molecular weight excluding hydrogens is 251 g/mol. The van der Waals surface area contributed by atoms with Gasteiger partial charge in [-0.15, -0.1) is 0 Å². The zero-order valence-electron chi connectivity index (χ0n) is 9.42. The van der Waals surface area contributed by atoms with Crippen LogP contribution in [0.5, 0.6) is 0 Å². The summed E-state index contributed by atoms with van der Waals surface area (Å²) < 4.78 is 19.6. The smallest absolute Gasteiger partial charge is 0.336 e. The Bertz CT molecular complexity index is 343. The molecule has 0 aromatic heterocycles. The number of hydrogen-bond acceptors (Lipinski definition) is 5. The first kappa shape index (κ1) is 15.8. The number of ether oxygens (including phenoxy) is 2. The van der Waals surface area contributed by atoms with Crippen LogP contribution in [0.1, 0.15) is 13.3 Å². The number of hydrogen-bond donors (Lipinski definition) is 2. The fourth-order valence-electron chi connectivity index (χ4n) is 0.747. The van der Waals surface area contributed by atoms with Crippen LogP contribution in [-0.2, 0) is 23.6 Å². The van der Waals surface area contributed by atoms with Gasteiger partial charge < -0.3 is 19.3 Å². The number of carbonyl (C=O) groups is 2. The van der Waals surface area contributed by atoms with E-state index in [2.05, 4.69) is 11.3 Å². The lowest BCUT2D eigenvalue weighted by Gasteiger charge is -2.06. The average molecular weight is 266 g/mol. The molecule has 8 heteroatoms. The van der Waals surface area contributed by atoms with Gasteiger partial charge in [-0.1, -0.05) is 6.58 Å². The highest BCUT2D eigenvalue weighted by atomic mass is 31.2.